The molecule has 0 spiro atoms. The van der Waals surface area contributed by atoms with E-state index in [1.807, 2.05) is 30.3 Å². The molecule has 0 aromatic heterocycles. The lowest BCUT2D eigenvalue weighted by atomic mass is 9.92. The van der Waals surface area contributed by atoms with Gasteiger partial charge in [0.2, 0.25) is 0 Å². The van der Waals surface area contributed by atoms with Crippen LogP contribution in [0.4, 0.5) is 0 Å². The van der Waals surface area contributed by atoms with Crippen LogP contribution in [0.2, 0.25) is 0 Å². The van der Waals surface area contributed by atoms with Crippen LogP contribution < -0.4 is 10.1 Å². The highest BCUT2D eigenvalue weighted by molar-refractivity contribution is 5.20. The second-order valence-corrected chi connectivity index (χ2v) is 5.54. The zero-order valence-corrected chi connectivity index (χ0v) is 12.1. The second kappa shape index (κ2) is 8.21. The summed E-state index contributed by atoms with van der Waals surface area (Å²) in [4.78, 5) is 0. The van der Waals surface area contributed by atoms with E-state index in [0.29, 0.717) is 6.04 Å². The molecule has 2 rings (SSSR count). The molecule has 1 atom stereocenters. The van der Waals surface area contributed by atoms with Gasteiger partial charge in [0.25, 0.3) is 0 Å². The van der Waals surface area contributed by atoms with E-state index in [0.717, 1.165) is 24.8 Å². The first-order chi connectivity index (χ1) is 9.40. The van der Waals surface area contributed by atoms with Gasteiger partial charge in [-0.05, 0) is 37.4 Å². The van der Waals surface area contributed by atoms with Crippen molar-refractivity contribution in [1.82, 2.24) is 5.32 Å². The average Bonchev–Trinajstić information content (AvgIpc) is 2.73. The molecular weight excluding hydrogens is 234 g/mol. The Bertz CT molecular complexity index is 330. The molecule has 1 aromatic rings. The van der Waals surface area contributed by atoms with Crippen LogP contribution in [-0.2, 0) is 0 Å². The number of likely N-dealkylation sites (N-methyl/N-ethyl adjacent to an activating group) is 1. The maximum atomic E-state index is 5.95. The third-order valence-electron chi connectivity index (χ3n) is 4.11. The summed E-state index contributed by atoms with van der Waals surface area (Å²) >= 11 is 0. The second-order valence-electron chi connectivity index (χ2n) is 5.54. The normalized spacial score (nSPS) is 18.8. The molecule has 1 aromatic carbocycles. The predicted molar refractivity (Wildman–Crippen MR) is 80.6 cm³/mol. The molecule has 0 saturated heterocycles. The third-order valence-corrected chi connectivity index (χ3v) is 4.11. The fourth-order valence-electron chi connectivity index (χ4n) is 3.04. The van der Waals surface area contributed by atoms with E-state index in [1.54, 1.807) is 0 Å². The minimum absolute atomic E-state index is 0.503. The molecule has 2 heteroatoms. The number of hydrogen-bond acceptors (Lipinski definition) is 2. The Hall–Kier alpha value is -1.02. The lowest BCUT2D eigenvalue weighted by Crippen LogP contribution is -2.40. The summed E-state index contributed by atoms with van der Waals surface area (Å²) in [6, 6.07) is 10.7. The number of benzene rings is 1. The molecular formula is C17H27NO. The summed E-state index contributed by atoms with van der Waals surface area (Å²) in [6.45, 7) is 4.01. The minimum atomic E-state index is 0.503. The van der Waals surface area contributed by atoms with Gasteiger partial charge in [-0.15, -0.1) is 0 Å². The van der Waals surface area contributed by atoms with Crippen LogP contribution in [0.1, 0.15) is 45.4 Å². The summed E-state index contributed by atoms with van der Waals surface area (Å²) in [6.07, 6.45) is 8.31. The maximum Gasteiger partial charge on any atom is 0.119 e. The highest BCUT2D eigenvalue weighted by atomic mass is 16.5. The highest BCUT2D eigenvalue weighted by Crippen LogP contribution is 2.26. The summed E-state index contributed by atoms with van der Waals surface area (Å²) in [5.74, 6) is 1.77. The number of rotatable bonds is 6. The number of nitrogens with one attached hydrogen (secondary N) is 1. The molecule has 1 aliphatic carbocycles. The van der Waals surface area contributed by atoms with Gasteiger partial charge in [0, 0.05) is 6.04 Å². The van der Waals surface area contributed by atoms with Crippen molar-refractivity contribution < 1.29 is 4.74 Å². The van der Waals surface area contributed by atoms with Crippen molar-refractivity contribution in [1.29, 1.82) is 0 Å². The summed E-state index contributed by atoms with van der Waals surface area (Å²) in [7, 11) is 0. The zero-order chi connectivity index (χ0) is 13.3. The van der Waals surface area contributed by atoms with Crippen LogP contribution in [0.5, 0.6) is 5.75 Å². The lowest BCUT2D eigenvalue weighted by Gasteiger charge is -2.27. The molecule has 0 heterocycles. The van der Waals surface area contributed by atoms with Gasteiger partial charge in [0.1, 0.15) is 12.4 Å². The molecule has 0 amide bonds. The maximum absolute atomic E-state index is 5.95. The number of hydrogen-bond donors (Lipinski definition) is 1. The van der Waals surface area contributed by atoms with Crippen LogP contribution >= 0.6 is 0 Å². The standard InChI is InChI=1S/C17H27NO/c1-2-18-17(15-10-6-3-4-7-11-15)14-19-16-12-8-5-9-13-16/h5,8-9,12-13,15,17-18H,2-4,6-7,10-11,14H2,1H3. The van der Waals surface area contributed by atoms with Crippen LogP contribution in [0.3, 0.4) is 0 Å². The molecule has 1 fully saturated rings. The Morgan fingerprint density at radius 1 is 1.11 bits per heavy atom. The fraction of sp³-hybridized carbons (Fsp3) is 0.647. The number of para-hydroxylation sites is 1. The molecule has 1 aliphatic rings. The SMILES string of the molecule is CCNC(COc1ccccc1)C1CCCCCC1. The van der Waals surface area contributed by atoms with Gasteiger partial charge in [-0.1, -0.05) is 50.8 Å². The monoisotopic (exact) mass is 261 g/mol. The molecule has 2 nitrogen and oxygen atoms in total. The first-order valence-electron chi connectivity index (χ1n) is 7.81. The largest absolute Gasteiger partial charge is 0.492 e. The first kappa shape index (κ1) is 14.4. The molecule has 0 bridgehead atoms. The van der Waals surface area contributed by atoms with E-state index >= 15 is 0 Å². The molecule has 19 heavy (non-hydrogen) atoms. The van der Waals surface area contributed by atoms with Crippen LogP contribution in [0.25, 0.3) is 0 Å². The Kier molecular flexibility index (Phi) is 6.22. The lowest BCUT2D eigenvalue weighted by molar-refractivity contribution is 0.206. The van der Waals surface area contributed by atoms with Gasteiger partial charge in [0.15, 0.2) is 0 Å². The zero-order valence-electron chi connectivity index (χ0n) is 12.1. The van der Waals surface area contributed by atoms with Crippen molar-refractivity contribution in [2.45, 2.75) is 51.5 Å². The highest BCUT2D eigenvalue weighted by Gasteiger charge is 2.22. The molecule has 0 radical (unpaired) electrons. The Labute approximate surface area is 117 Å². The molecule has 1 N–H and O–H groups in total. The third kappa shape index (κ3) is 4.87. The summed E-state index contributed by atoms with van der Waals surface area (Å²) < 4.78 is 5.95. The van der Waals surface area contributed by atoms with Crippen LogP contribution in [0, 0.1) is 5.92 Å². The topological polar surface area (TPSA) is 21.3 Å². The average molecular weight is 261 g/mol. The van der Waals surface area contributed by atoms with Gasteiger partial charge < -0.3 is 10.1 Å². The van der Waals surface area contributed by atoms with Gasteiger partial charge in [0.05, 0.1) is 0 Å². The Morgan fingerprint density at radius 3 is 2.42 bits per heavy atom. The molecule has 1 unspecified atom stereocenters. The van der Waals surface area contributed by atoms with E-state index in [9.17, 15) is 0 Å². The Morgan fingerprint density at radius 2 is 1.79 bits per heavy atom. The van der Waals surface area contributed by atoms with Crippen molar-refractivity contribution in [3.05, 3.63) is 30.3 Å². The van der Waals surface area contributed by atoms with Gasteiger partial charge in [-0.2, -0.15) is 0 Å². The van der Waals surface area contributed by atoms with E-state index in [-0.39, 0.29) is 0 Å². The predicted octanol–water partition coefficient (Wildman–Crippen LogP) is 4.01. The van der Waals surface area contributed by atoms with Gasteiger partial charge in [-0.3, -0.25) is 0 Å². The number of ether oxygens (including phenoxy) is 1. The Balaban J connectivity index is 1.87. The summed E-state index contributed by atoms with van der Waals surface area (Å²) in [5.41, 5.74) is 0. The van der Waals surface area contributed by atoms with E-state index in [1.165, 1.54) is 38.5 Å². The van der Waals surface area contributed by atoms with Crippen molar-refractivity contribution >= 4 is 0 Å². The van der Waals surface area contributed by atoms with E-state index in [4.69, 9.17) is 4.74 Å². The first-order valence-corrected chi connectivity index (χ1v) is 7.81. The van der Waals surface area contributed by atoms with Crippen molar-refractivity contribution in [3.63, 3.8) is 0 Å². The van der Waals surface area contributed by atoms with E-state index in [2.05, 4.69) is 12.2 Å². The van der Waals surface area contributed by atoms with Crippen molar-refractivity contribution in [2.75, 3.05) is 13.2 Å². The van der Waals surface area contributed by atoms with Crippen molar-refractivity contribution in [3.8, 4) is 5.75 Å². The molecule has 1 saturated carbocycles. The molecule has 0 aliphatic heterocycles. The van der Waals surface area contributed by atoms with Crippen LogP contribution in [0.15, 0.2) is 30.3 Å². The summed E-state index contributed by atoms with van der Waals surface area (Å²) in [5, 5.41) is 3.63. The smallest absolute Gasteiger partial charge is 0.119 e. The van der Waals surface area contributed by atoms with Gasteiger partial charge in [-0.25, -0.2) is 0 Å². The van der Waals surface area contributed by atoms with Crippen LogP contribution in [-0.4, -0.2) is 19.2 Å². The minimum Gasteiger partial charge on any atom is -0.492 e. The quantitative estimate of drug-likeness (QED) is 0.781. The fourth-order valence-corrected chi connectivity index (χ4v) is 3.04. The van der Waals surface area contributed by atoms with Gasteiger partial charge >= 0.3 is 0 Å². The molecule has 106 valence electrons. The van der Waals surface area contributed by atoms with Crippen molar-refractivity contribution in [2.24, 2.45) is 5.92 Å². The van der Waals surface area contributed by atoms with E-state index < -0.39 is 0 Å².